The largest absolute Gasteiger partial charge is 0.416 e. The van der Waals surface area contributed by atoms with Gasteiger partial charge in [-0.1, -0.05) is 35.3 Å². The Kier molecular flexibility index (Phi) is 6.09. The Morgan fingerprint density at radius 3 is 2.48 bits per heavy atom. The van der Waals surface area contributed by atoms with Crippen molar-refractivity contribution in [2.45, 2.75) is 12.7 Å². The predicted molar refractivity (Wildman–Crippen MR) is 117 cm³/mol. The molecule has 33 heavy (non-hydrogen) atoms. The maximum absolute atomic E-state index is 13.1. The Labute approximate surface area is 195 Å². The van der Waals surface area contributed by atoms with Crippen LogP contribution in [-0.4, -0.2) is 26.2 Å². The number of nitrogens with zero attached hydrogens (tertiary/aromatic N) is 3. The number of carbonyl (C=O) groups is 2. The third-order valence-electron chi connectivity index (χ3n) is 4.78. The molecular weight excluding hydrogens is 480 g/mol. The van der Waals surface area contributed by atoms with Crippen LogP contribution in [0, 0.1) is 0 Å². The number of benzene rings is 1. The van der Waals surface area contributed by atoms with Crippen molar-refractivity contribution in [2.75, 3.05) is 5.32 Å². The summed E-state index contributed by atoms with van der Waals surface area (Å²) in [6.45, 7) is 0.00828. The van der Waals surface area contributed by atoms with Crippen molar-refractivity contribution in [1.29, 1.82) is 0 Å². The second kappa shape index (κ2) is 8.84. The van der Waals surface area contributed by atoms with Gasteiger partial charge in [-0.25, -0.2) is 4.98 Å². The Morgan fingerprint density at radius 2 is 1.79 bits per heavy atom. The van der Waals surface area contributed by atoms with Gasteiger partial charge in [-0.3, -0.25) is 14.6 Å². The zero-order valence-electron chi connectivity index (χ0n) is 16.5. The first-order valence-corrected chi connectivity index (χ1v) is 10.2. The first-order chi connectivity index (χ1) is 15.6. The normalized spacial score (nSPS) is 11.5. The maximum atomic E-state index is 13.1. The smallest absolute Gasteiger partial charge is 0.327 e. The van der Waals surface area contributed by atoms with Crippen LogP contribution in [0.1, 0.15) is 21.5 Å². The number of nitrogens with one attached hydrogen (secondary N) is 1. The van der Waals surface area contributed by atoms with Crippen LogP contribution in [0.3, 0.4) is 0 Å². The molecule has 3 heterocycles. The summed E-state index contributed by atoms with van der Waals surface area (Å²) in [5.74, 6) is -1.88. The van der Waals surface area contributed by atoms with Crippen molar-refractivity contribution in [3.8, 4) is 0 Å². The number of amides is 1. The minimum atomic E-state index is -4.48. The molecule has 1 N–H and O–H groups in total. The molecule has 6 nitrogen and oxygen atoms in total. The summed E-state index contributed by atoms with van der Waals surface area (Å²) in [7, 11) is 0. The third kappa shape index (κ3) is 4.69. The summed E-state index contributed by atoms with van der Waals surface area (Å²) in [5.41, 5.74) is -0.0233. The third-order valence-corrected chi connectivity index (χ3v) is 5.36. The topological polar surface area (TPSA) is 76.9 Å². The van der Waals surface area contributed by atoms with E-state index in [4.69, 9.17) is 23.2 Å². The van der Waals surface area contributed by atoms with Gasteiger partial charge in [-0.15, -0.1) is 0 Å². The van der Waals surface area contributed by atoms with E-state index in [1.165, 1.54) is 41.5 Å². The number of halogens is 5. The average Bonchev–Trinajstić information content (AvgIpc) is 3.14. The van der Waals surface area contributed by atoms with E-state index in [-0.39, 0.29) is 27.8 Å². The Bertz CT molecular complexity index is 1370. The molecule has 168 valence electrons. The number of ketones is 1. The number of aromatic nitrogens is 3. The van der Waals surface area contributed by atoms with E-state index in [1.54, 1.807) is 12.1 Å². The van der Waals surface area contributed by atoms with Gasteiger partial charge < -0.3 is 9.88 Å². The van der Waals surface area contributed by atoms with E-state index >= 15 is 0 Å². The SMILES string of the molecule is O=C(Nc1c(Cl)cncc1Cl)C(=O)c1cn(Cc2cccc(C(F)(F)F)c2)c2ncccc12. The molecule has 11 heteroatoms. The van der Waals surface area contributed by atoms with Gasteiger partial charge in [-0.05, 0) is 29.8 Å². The van der Waals surface area contributed by atoms with Gasteiger partial charge in [0.2, 0.25) is 0 Å². The van der Waals surface area contributed by atoms with Crippen molar-refractivity contribution in [1.82, 2.24) is 14.5 Å². The first kappa shape index (κ1) is 22.8. The van der Waals surface area contributed by atoms with E-state index in [9.17, 15) is 22.8 Å². The average molecular weight is 493 g/mol. The van der Waals surface area contributed by atoms with E-state index < -0.39 is 23.4 Å². The summed E-state index contributed by atoms with van der Waals surface area (Å²) in [6, 6.07) is 8.02. The quantitative estimate of drug-likeness (QED) is 0.289. The molecule has 4 aromatic rings. The fourth-order valence-corrected chi connectivity index (χ4v) is 3.75. The van der Waals surface area contributed by atoms with Crippen LogP contribution in [0.2, 0.25) is 10.0 Å². The van der Waals surface area contributed by atoms with Gasteiger partial charge in [0.25, 0.3) is 11.7 Å². The number of fused-ring (bicyclic) bond motifs is 1. The molecule has 0 aliphatic carbocycles. The highest BCUT2D eigenvalue weighted by atomic mass is 35.5. The lowest BCUT2D eigenvalue weighted by Gasteiger charge is -2.10. The summed E-state index contributed by atoms with van der Waals surface area (Å²) in [4.78, 5) is 33.6. The Balaban J connectivity index is 1.68. The van der Waals surface area contributed by atoms with E-state index in [0.717, 1.165) is 12.1 Å². The lowest BCUT2D eigenvalue weighted by atomic mass is 10.1. The molecule has 0 aliphatic heterocycles. The molecule has 0 aliphatic rings. The maximum Gasteiger partial charge on any atom is 0.416 e. The highest BCUT2D eigenvalue weighted by molar-refractivity contribution is 6.50. The van der Waals surface area contributed by atoms with E-state index in [0.29, 0.717) is 16.6 Å². The second-order valence-corrected chi connectivity index (χ2v) is 7.82. The molecule has 1 amide bonds. The van der Waals surface area contributed by atoms with Crippen LogP contribution in [0.4, 0.5) is 18.9 Å². The molecular formula is C22H13Cl2F3N4O2. The number of carbonyl (C=O) groups excluding carboxylic acids is 2. The van der Waals surface area contributed by atoms with Gasteiger partial charge in [-0.2, -0.15) is 13.2 Å². The number of anilines is 1. The van der Waals surface area contributed by atoms with Crippen molar-refractivity contribution in [3.05, 3.63) is 87.9 Å². The zero-order chi connectivity index (χ0) is 23.8. The van der Waals surface area contributed by atoms with Gasteiger partial charge in [0.1, 0.15) is 5.65 Å². The highest BCUT2D eigenvalue weighted by Gasteiger charge is 2.30. The first-order valence-electron chi connectivity index (χ1n) is 9.40. The van der Waals surface area contributed by atoms with Gasteiger partial charge in [0, 0.05) is 36.7 Å². The Hall–Kier alpha value is -3.43. The molecule has 0 fully saturated rings. The van der Waals surface area contributed by atoms with Crippen LogP contribution in [0.5, 0.6) is 0 Å². The molecule has 0 unspecified atom stereocenters. The second-order valence-electron chi connectivity index (χ2n) is 7.00. The summed E-state index contributed by atoms with van der Waals surface area (Å²) >= 11 is 12.0. The van der Waals surface area contributed by atoms with Crippen molar-refractivity contribution in [2.24, 2.45) is 0 Å². The van der Waals surface area contributed by atoms with Gasteiger partial charge in [0.05, 0.1) is 26.9 Å². The molecule has 3 aromatic heterocycles. The molecule has 0 saturated carbocycles. The molecule has 0 atom stereocenters. The number of Topliss-reactive ketones (excluding diaryl/α,β-unsaturated/α-hetero) is 1. The molecule has 0 saturated heterocycles. The van der Waals surface area contributed by atoms with Gasteiger partial charge in [0.15, 0.2) is 0 Å². The monoisotopic (exact) mass is 492 g/mol. The lowest BCUT2D eigenvalue weighted by molar-refractivity contribution is -0.137. The summed E-state index contributed by atoms with van der Waals surface area (Å²) in [5, 5.41) is 2.86. The minimum absolute atomic E-state index is 0.00828. The van der Waals surface area contributed by atoms with E-state index in [1.807, 2.05) is 0 Å². The summed E-state index contributed by atoms with van der Waals surface area (Å²) < 4.78 is 40.7. The van der Waals surface area contributed by atoms with E-state index in [2.05, 4.69) is 15.3 Å². The number of hydrogen-bond donors (Lipinski definition) is 1. The number of alkyl halides is 3. The van der Waals surface area contributed by atoms with Crippen molar-refractivity contribution in [3.63, 3.8) is 0 Å². The minimum Gasteiger partial charge on any atom is -0.327 e. The van der Waals surface area contributed by atoms with Crippen molar-refractivity contribution < 1.29 is 22.8 Å². The molecule has 0 radical (unpaired) electrons. The highest BCUT2D eigenvalue weighted by Crippen LogP contribution is 2.31. The van der Waals surface area contributed by atoms with Crippen LogP contribution in [0.25, 0.3) is 11.0 Å². The lowest BCUT2D eigenvalue weighted by Crippen LogP contribution is -2.23. The molecule has 0 spiro atoms. The fourth-order valence-electron chi connectivity index (χ4n) is 3.29. The van der Waals surface area contributed by atoms with Crippen LogP contribution in [-0.2, 0) is 17.5 Å². The molecule has 4 rings (SSSR count). The number of hydrogen-bond acceptors (Lipinski definition) is 4. The zero-order valence-corrected chi connectivity index (χ0v) is 18.0. The standard InChI is InChI=1S/C22H13Cl2F3N4O2/c23-16-8-28-9-17(24)18(16)30-21(33)19(32)15-11-31(20-14(15)5-2-6-29-20)10-12-3-1-4-13(7-12)22(25,26)27/h1-9,11H,10H2,(H,28,30,33). The van der Waals surface area contributed by atoms with Crippen LogP contribution >= 0.6 is 23.2 Å². The molecule has 0 bridgehead atoms. The van der Waals surface area contributed by atoms with Crippen molar-refractivity contribution >= 4 is 51.6 Å². The molecule has 1 aromatic carbocycles. The number of pyridine rings is 2. The van der Waals surface area contributed by atoms with Gasteiger partial charge >= 0.3 is 6.18 Å². The fraction of sp³-hybridized carbons (Fsp3) is 0.0909. The number of rotatable bonds is 5. The van der Waals surface area contributed by atoms with Crippen LogP contribution < -0.4 is 5.32 Å². The van der Waals surface area contributed by atoms with Crippen LogP contribution in [0.15, 0.2) is 61.2 Å². The Morgan fingerprint density at radius 1 is 1.06 bits per heavy atom. The summed E-state index contributed by atoms with van der Waals surface area (Å²) in [6.07, 6.45) is 0.907. The predicted octanol–water partition coefficient (Wildman–Crippen LogP) is 5.63.